The fourth-order valence-electron chi connectivity index (χ4n) is 12.9. The molecule has 0 bridgehead atoms. The second kappa shape index (κ2) is 28.4. The third-order valence-corrected chi connectivity index (χ3v) is 17.7. The van der Waals surface area contributed by atoms with E-state index in [9.17, 15) is 53.7 Å². The first kappa shape index (κ1) is 66.2. The number of alkyl carbamates (subject to hydrolysis) is 1. The van der Waals surface area contributed by atoms with E-state index in [0.717, 1.165) is 51.2 Å². The summed E-state index contributed by atoms with van der Waals surface area (Å²) in [6, 6.07) is 35.5. The minimum absolute atomic E-state index is 0.0436. The first-order chi connectivity index (χ1) is 44.6. The number of hydrogen-bond acceptors (Lipinski definition) is 15. The number of carboxylic acids is 3. The summed E-state index contributed by atoms with van der Waals surface area (Å²) < 4.78 is 36.6. The fourth-order valence-corrected chi connectivity index (χ4v) is 13.2. The van der Waals surface area contributed by atoms with Crippen molar-refractivity contribution in [3.63, 3.8) is 0 Å². The van der Waals surface area contributed by atoms with Crippen molar-refractivity contribution < 1.29 is 82.1 Å². The molecular weight excluding hydrogens is 1220 g/mol. The highest BCUT2D eigenvalue weighted by Crippen LogP contribution is 2.50. The van der Waals surface area contributed by atoms with Gasteiger partial charge >= 0.3 is 30.0 Å². The number of para-hydroxylation sites is 1. The smallest absolute Gasteiger partial charge is 0.407 e. The molecule has 1 aliphatic carbocycles. The molecule has 0 radical (unpaired) electrons. The molecule has 2 aliphatic heterocycles. The van der Waals surface area contributed by atoms with Gasteiger partial charge in [-0.05, 0) is 90.5 Å². The Balaban J connectivity index is 0.895. The summed E-state index contributed by atoms with van der Waals surface area (Å²) in [7, 11) is 4.87. The van der Waals surface area contributed by atoms with E-state index in [-0.39, 0.29) is 54.7 Å². The number of ether oxygens (including phenoxy) is 6. The summed E-state index contributed by atoms with van der Waals surface area (Å²) in [6.07, 6.45) is -8.09. The van der Waals surface area contributed by atoms with Crippen LogP contribution in [0.1, 0.15) is 84.6 Å². The summed E-state index contributed by atoms with van der Waals surface area (Å²) in [4.78, 5) is 117. The molecule has 2 unspecified atom stereocenters. The number of amides is 4. The van der Waals surface area contributed by atoms with Crippen LogP contribution in [0.2, 0.25) is 0 Å². The van der Waals surface area contributed by atoms with Crippen molar-refractivity contribution in [2.75, 3.05) is 58.3 Å². The van der Waals surface area contributed by atoms with Gasteiger partial charge < -0.3 is 74.5 Å². The van der Waals surface area contributed by atoms with E-state index in [1.54, 1.807) is 43.0 Å². The fraction of sp³-hybridized carbons (Fsp3) is 0.362. The van der Waals surface area contributed by atoms with Crippen LogP contribution in [0.3, 0.4) is 0 Å². The van der Waals surface area contributed by atoms with Crippen molar-refractivity contribution in [2.45, 2.75) is 88.5 Å². The van der Waals surface area contributed by atoms with Crippen LogP contribution in [0.25, 0.3) is 32.8 Å². The number of carbonyl (C=O) groups is 8. The normalized spacial score (nSPS) is 19.6. The van der Waals surface area contributed by atoms with E-state index in [1.807, 2.05) is 110 Å². The maximum atomic E-state index is 14.7. The number of nitrogens with one attached hydrogen (secondary N) is 4. The van der Waals surface area contributed by atoms with Crippen molar-refractivity contribution in [2.24, 2.45) is 17.8 Å². The van der Waals surface area contributed by atoms with Gasteiger partial charge in [-0.3, -0.25) is 28.8 Å². The Morgan fingerprint density at radius 1 is 0.763 bits per heavy atom. The third kappa shape index (κ3) is 14.2. The zero-order valence-corrected chi connectivity index (χ0v) is 52.8. The van der Waals surface area contributed by atoms with Gasteiger partial charge in [0.2, 0.25) is 11.8 Å². The Morgan fingerprint density at radius 2 is 1.43 bits per heavy atom. The molecule has 24 heteroatoms. The molecule has 93 heavy (non-hydrogen) atoms. The third-order valence-electron chi connectivity index (χ3n) is 17.4. The lowest BCUT2D eigenvalue weighted by atomic mass is 9.67. The molecule has 1 aromatic heterocycles. The number of fused-ring (bicyclic) bond motifs is 7. The standard InChI is InChI=1S/C69H73ClN6O17/c1-37(2)61(73-68(87)91-36-50-45-18-10-8-16-43(45)44-17-9-11-19-46(44)50)64(84)71-38(3)63(83)74-65-49(29-57(77)78)51(30-58(79)80)69(32-59(81)82,62(92-65)67(86)88-6)93-55-22-14-7-15-39(55)35-90-56-31-54-60(48-21-13-12-20-47(48)56)41(33-70)34-76(54)66(85)53-28-40-27-42(23-24-52(40)72-53)89-26-25-75(4)5/h7-24,27-28,31,37-38,41,49-51,61-62,65,72H,25-26,29-30,32-36H2,1-6H3,(H,71,84)(H,73,87)(H,74,83)(H,77,78)(H,79,80)(H,81,82)/t38?,41-,49-,51+,61?,62-,65+,69+/m1/s1. The highest BCUT2D eigenvalue weighted by molar-refractivity contribution is 6.19. The molecule has 3 aliphatic rings. The topological polar surface area (TPSA) is 311 Å². The molecule has 488 valence electrons. The largest absolute Gasteiger partial charge is 0.492 e. The number of aromatic nitrogens is 1. The van der Waals surface area contributed by atoms with Gasteiger partial charge in [0.05, 0.1) is 32.1 Å². The van der Waals surface area contributed by atoms with Gasteiger partial charge in [-0.2, -0.15) is 0 Å². The highest BCUT2D eigenvalue weighted by atomic mass is 35.5. The van der Waals surface area contributed by atoms with Crippen LogP contribution in [0.4, 0.5) is 10.5 Å². The number of esters is 1. The highest BCUT2D eigenvalue weighted by Gasteiger charge is 2.63. The number of carbonyl (C=O) groups excluding carboxylic acids is 5. The lowest BCUT2D eigenvalue weighted by Gasteiger charge is -2.52. The molecule has 0 saturated carbocycles. The Hall–Kier alpha value is -9.71. The van der Waals surface area contributed by atoms with Crippen LogP contribution in [-0.2, 0) is 49.6 Å². The monoisotopic (exact) mass is 1290 g/mol. The van der Waals surface area contributed by atoms with E-state index in [4.69, 9.17) is 40.0 Å². The number of nitrogens with zero attached hydrogens (tertiary/aromatic N) is 2. The van der Waals surface area contributed by atoms with Crippen LogP contribution in [0, 0.1) is 17.8 Å². The van der Waals surface area contributed by atoms with Crippen LogP contribution in [0.5, 0.6) is 17.2 Å². The van der Waals surface area contributed by atoms with Gasteiger partial charge in [0.15, 0.2) is 11.7 Å². The van der Waals surface area contributed by atoms with Crippen molar-refractivity contribution >= 4 is 86.7 Å². The lowest BCUT2D eigenvalue weighted by Crippen LogP contribution is -2.70. The van der Waals surface area contributed by atoms with Gasteiger partial charge in [-0.15, -0.1) is 11.6 Å². The van der Waals surface area contributed by atoms with Crippen molar-refractivity contribution in [3.05, 3.63) is 155 Å². The predicted molar refractivity (Wildman–Crippen MR) is 343 cm³/mol. The maximum absolute atomic E-state index is 14.7. The van der Waals surface area contributed by atoms with E-state index < -0.39 is 109 Å². The summed E-state index contributed by atoms with van der Waals surface area (Å²) in [6.45, 7) is 5.69. The molecule has 1 fully saturated rings. The Morgan fingerprint density at radius 3 is 2.09 bits per heavy atom. The van der Waals surface area contributed by atoms with Gasteiger partial charge in [0.25, 0.3) is 5.91 Å². The molecule has 8 atom stereocenters. The minimum atomic E-state index is -2.59. The molecule has 7 N–H and O–H groups in total. The zero-order valence-electron chi connectivity index (χ0n) is 52.0. The van der Waals surface area contributed by atoms with Crippen LogP contribution >= 0.6 is 11.6 Å². The van der Waals surface area contributed by atoms with Crippen molar-refractivity contribution in [3.8, 4) is 28.4 Å². The van der Waals surface area contributed by atoms with E-state index in [2.05, 4.69) is 20.9 Å². The number of likely N-dealkylation sites (N-methyl/N-ethyl adjacent to an activating group) is 1. The SMILES string of the molecule is COC(=O)[C@H]1O[C@H](NC(=O)C(C)NC(=O)C(NC(=O)OCC2c3ccccc3-c3ccccc32)C(C)C)[C@H](CC(=O)O)[C@H](CC(=O)O)[C@]1(CC(=O)O)Oc1ccccc1COc1cc2c(c3ccccc13)[C@H](CCl)CN2C(=O)c1cc2cc(OCCN(C)C)ccc2[nH]1. The summed E-state index contributed by atoms with van der Waals surface area (Å²) in [5.41, 5.74) is 4.05. The Bertz CT molecular complexity index is 3960. The Kier molecular flexibility index (Phi) is 20.2. The summed E-state index contributed by atoms with van der Waals surface area (Å²) in [5, 5.41) is 41.7. The van der Waals surface area contributed by atoms with Gasteiger partial charge in [0, 0.05) is 70.6 Å². The quantitative estimate of drug-likeness (QED) is 0.0197. The zero-order chi connectivity index (χ0) is 66.4. The number of benzene rings is 6. The van der Waals surface area contributed by atoms with Crippen LogP contribution in [0.15, 0.2) is 127 Å². The average molecular weight is 1290 g/mol. The molecule has 23 nitrogen and oxygen atoms in total. The van der Waals surface area contributed by atoms with Crippen molar-refractivity contribution in [1.82, 2.24) is 25.8 Å². The number of alkyl halides is 1. The number of anilines is 1. The number of H-pyrrole nitrogens is 1. The molecule has 6 aromatic carbocycles. The summed E-state index contributed by atoms with van der Waals surface area (Å²) >= 11 is 6.67. The van der Waals surface area contributed by atoms with E-state index in [1.165, 1.54) is 19.1 Å². The number of hydrogen-bond donors (Lipinski definition) is 7. The second-order valence-electron chi connectivity index (χ2n) is 24.1. The molecule has 0 spiro atoms. The van der Waals surface area contributed by atoms with E-state index in [0.29, 0.717) is 41.4 Å². The number of halogens is 1. The number of methoxy groups -OCH3 is 1. The minimum Gasteiger partial charge on any atom is -0.492 e. The van der Waals surface area contributed by atoms with Crippen LogP contribution < -0.4 is 35.1 Å². The molecule has 10 rings (SSSR count). The van der Waals surface area contributed by atoms with Crippen LogP contribution in [-0.4, -0.2) is 156 Å². The van der Waals surface area contributed by atoms with Gasteiger partial charge in [-0.25, -0.2) is 9.59 Å². The van der Waals surface area contributed by atoms with E-state index >= 15 is 0 Å². The number of aromatic amines is 1. The molecule has 3 heterocycles. The summed E-state index contributed by atoms with van der Waals surface area (Å²) in [5.74, 6) is -11.6. The Labute approximate surface area is 540 Å². The first-order valence-electron chi connectivity index (χ1n) is 30.4. The predicted octanol–water partition coefficient (Wildman–Crippen LogP) is 8.68. The van der Waals surface area contributed by atoms with Gasteiger partial charge in [-0.1, -0.05) is 105 Å². The van der Waals surface area contributed by atoms with Gasteiger partial charge in [0.1, 0.15) is 61.1 Å². The molecule has 1 saturated heterocycles. The number of carboxylic acid groups (broad SMARTS) is 3. The first-order valence-corrected chi connectivity index (χ1v) is 31.0. The average Bonchev–Trinajstić information content (AvgIpc) is 0.879. The lowest BCUT2D eigenvalue weighted by molar-refractivity contribution is -0.240. The molecule has 7 aromatic rings. The van der Waals surface area contributed by atoms with Crippen molar-refractivity contribution in [1.29, 1.82) is 0 Å². The maximum Gasteiger partial charge on any atom is 0.407 e. The number of rotatable bonds is 26. The number of aliphatic carboxylic acids is 3. The second-order valence-corrected chi connectivity index (χ2v) is 24.4. The molecule has 4 amide bonds. The molecular formula is C69H73ClN6O17.